The van der Waals surface area contributed by atoms with E-state index in [9.17, 15) is 13.2 Å². The van der Waals surface area contributed by atoms with E-state index in [0.717, 1.165) is 5.56 Å². The molecule has 8 heteroatoms. The number of hydrogen-bond acceptors (Lipinski definition) is 5. The van der Waals surface area contributed by atoms with Gasteiger partial charge in [-0.3, -0.25) is 9.52 Å². The summed E-state index contributed by atoms with van der Waals surface area (Å²) in [6.45, 7) is 6.72. The highest BCUT2D eigenvalue weighted by Crippen LogP contribution is 2.31. The molecule has 1 atom stereocenters. The molecule has 1 amide bonds. The van der Waals surface area contributed by atoms with Crippen LogP contribution in [-0.4, -0.2) is 27.5 Å². The Kier molecular flexibility index (Phi) is 7.95. The Bertz CT molecular complexity index is 1180. The van der Waals surface area contributed by atoms with Gasteiger partial charge in [0.05, 0.1) is 24.2 Å². The van der Waals surface area contributed by atoms with Gasteiger partial charge in [0.15, 0.2) is 11.5 Å². The third-order valence-electron chi connectivity index (χ3n) is 4.87. The van der Waals surface area contributed by atoms with Crippen LogP contribution in [0.4, 0.5) is 5.69 Å². The van der Waals surface area contributed by atoms with Crippen molar-refractivity contribution in [2.45, 2.75) is 31.7 Å². The SMILES string of the molecule is CCOc1ccc(C(C)NC(=O)c2ccc(NS(=O)(=O)c3ccccc3)cc2)cc1OCC. The highest BCUT2D eigenvalue weighted by molar-refractivity contribution is 7.92. The number of anilines is 1. The van der Waals surface area contributed by atoms with Crippen molar-refractivity contribution in [3.05, 3.63) is 83.9 Å². The summed E-state index contributed by atoms with van der Waals surface area (Å²) in [5.74, 6) is 1.02. The van der Waals surface area contributed by atoms with Gasteiger partial charge in [0.2, 0.25) is 0 Å². The molecule has 0 radical (unpaired) electrons. The van der Waals surface area contributed by atoms with Crippen LogP contribution >= 0.6 is 0 Å². The summed E-state index contributed by atoms with van der Waals surface area (Å²) in [6.07, 6.45) is 0. The first-order valence-electron chi connectivity index (χ1n) is 10.7. The first kappa shape index (κ1) is 24.1. The monoisotopic (exact) mass is 468 g/mol. The van der Waals surface area contributed by atoms with E-state index in [1.165, 1.54) is 12.1 Å². The van der Waals surface area contributed by atoms with Crippen molar-refractivity contribution >= 4 is 21.6 Å². The highest BCUT2D eigenvalue weighted by atomic mass is 32.2. The molecule has 2 N–H and O–H groups in total. The Morgan fingerprint density at radius 3 is 2.15 bits per heavy atom. The maximum Gasteiger partial charge on any atom is 0.261 e. The van der Waals surface area contributed by atoms with Crippen LogP contribution in [0.1, 0.15) is 42.7 Å². The minimum atomic E-state index is -3.69. The fourth-order valence-corrected chi connectivity index (χ4v) is 4.28. The molecule has 33 heavy (non-hydrogen) atoms. The number of sulfonamides is 1. The summed E-state index contributed by atoms with van der Waals surface area (Å²) in [5.41, 5.74) is 1.67. The van der Waals surface area contributed by atoms with Gasteiger partial charge in [-0.05, 0) is 74.9 Å². The molecular formula is C25H28N2O5S. The number of amides is 1. The fourth-order valence-electron chi connectivity index (χ4n) is 3.20. The summed E-state index contributed by atoms with van der Waals surface area (Å²) < 4.78 is 38.7. The van der Waals surface area contributed by atoms with Crippen LogP contribution < -0.4 is 19.5 Å². The van der Waals surface area contributed by atoms with Gasteiger partial charge in [-0.15, -0.1) is 0 Å². The molecular weight excluding hydrogens is 440 g/mol. The smallest absolute Gasteiger partial charge is 0.261 e. The van der Waals surface area contributed by atoms with Crippen LogP contribution in [0, 0.1) is 0 Å². The minimum Gasteiger partial charge on any atom is -0.490 e. The second kappa shape index (κ2) is 10.9. The van der Waals surface area contributed by atoms with Crippen molar-refractivity contribution in [3.63, 3.8) is 0 Å². The molecule has 174 valence electrons. The third kappa shape index (κ3) is 6.26. The van der Waals surface area contributed by atoms with Crippen molar-refractivity contribution in [3.8, 4) is 11.5 Å². The van der Waals surface area contributed by atoms with Gasteiger partial charge < -0.3 is 14.8 Å². The van der Waals surface area contributed by atoms with E-state index in [1.54, 1.807) is 42.5 Å². The molecule has 0 bridgehead atoms. The Hall–Kier alpha value is -3.52. The second-order valence-electron chi connectivity index (χ2n) is 7.26. The lowest BCUT2D eigenvalue weighted by Crippen LogP contribution is -2.26. The lowest BCUT2D eigenvalue weighted by Gasteiger charge is -2.18. The first-order valence-corrected chi connectivity index (χ1v) is 12.2. The van der Waals surface area contributed by atoms with Crippen molar-refractivity contribution in [1.29, 1.82) is 0 Å². The molecule has 0 aliphatic rings. The molecule has 0 aromatic heterocycles. The van der Waals surface area contributed by atoms with Crippen LogP contribution in [0.5, 0.6) is 11.5 Å². The number of hydrogen-bond donors (Lipinski definition) is 2. The van der Waals surface area contributed by atoms with Gasteiger partial charge in [-0.1, -0.05) is 24.3 Å². The zero-order valence-electron chi connectivity index (χ0n) is 18.9. The molecule has 0 aliphatic carbocycles. The van der Waals surface area contributed by atoms with Gasteiger partial charge in [0.1, 0.15) is 0 Å². The predicted octanol–water partition coefficient (Wildman–Crippen LogP) is 4.78. The number of benzene rings is 3. The Balaban J connectivity index is 1.67. The van der Waals surface area contributed by atoms with Gasteiger partial charge in [-0.25, -0.2) is 8.42 Å². The molecule has 1 unspecified atom stereocenters. The molecule has 3 aromatic rings. The topological polar surface area (TPSA) is 93.7 Å². The molecule has 0 saturated heterocycles. The largest absolute Gasteiger partial charge is 0.490 e. The quantitative estimate of drug-likeness (QED) is 0.447. The lowest BCUT2D eigenvalue weighted by atomic mass is 10.1. The van der Waals surface area contributed by atoms with E-state index in [4.69, 9.17) is 9.47 Å². The standard InChI is InChI=1S/C25H28N2O5S/c1-4-31-23-16-13-20(17-24(23)32-5-2)18(3)26-25(28)19-11-14-21(15-12-19)27-33(29,30)22-9-7-6-8-10-22/h6-18,27H,4-5H2,1-3H3,(H,26,28). The van der Waals surface area contributed by atoms with E-state index in [-0.39, 0.29) is 16.8 Å². The molecule has 3 aromatic carbocycles. The van der Waals surface area contributed by atoms with Crippen LogP contribution in [0.15, 0.2) is 77.7 Å². The summed E-state index contributed by atoms with van der Waals surface area (Å²) in [6, 6.07) is 19.7. The molecule has 0 heterocycles. The summed E-state index contributed by atoms with van der Waals surface area (Å²) >= 11 is 0. The normalized spacial score (nSPS) is 12.0. The molecule has 0 saturated carbocycles. The van der Waals surface area contributed by atoms with Crippen molar-refractivity contribution in [1.82, 2.24) is 5.32 Å². The Morgan fingerprint density at radius 2 is 1.52 bits per heavy atom. The molecule has 0 fully saturated rings. The van der Waals surface area contributed by atoms with Gasteiger partial charge in [0.25, 0.3) is 15.9 Å². The number of carbonyl (C=O) groups is 1. The highest BCUT2D eigenvalue weighted by Gasteiger charge is 2.16. The zero-order valence-corrected chi connectivity index (χ0v) is 19.7. The maximum absolute atomic E-state index is 12.7. The molecule has 7 nitrogen and oxygen atoms in total. The van der Waals surface area contributed by atoms with E-state index in [1.807, 2.05) is 39.0 Å². The second-order valence-corrected chi connectivity index (χ2v) is 8.95. The lowest BCUT2D eigenvalue weighted by molar-refractivity contribution is 0.0940. The zero-order chi connectivity index (χ0) is 23.8. The van der Waals surface area contributed by atoms with Gasteiger partial charge in [-0.2, -0.15) is 0 Å². The number of rotatable bonds is 10. The average Bonchev–Trinajstić information content (AvgIpc) is 2.81. The van der Waals surface area contributed by atoms with E-state index < -0.39 is 10.0 Å². The Labute approximate surface area is 194 Å². The van der Waals surface area contributed by atoms with Crippen LogP contribution in [0.25, 0.3) is 0 Å². The number of carbonyl (C=O) groups excluding carboxylic acids is 1. The summed E-state index contributed by atoms with van der Waals surface area (Å²) in [5, 5.41) is 2.95. The molecule has 0 spiro atoms. The van der Waals surface area contributed by atoms with Crippen LogP contribution in [-0.2, 0) is 10.0 Å². The van der Waals surface area contributed by atoms with Crippen molar-refractivity contribution in [2.75, 3.05) is 17.9 Å². The predicted molar refractivity (Wildman–Crippen MR) is 128 cm³/mol. The number of ether oxygens (including phenoxy) is 2. The molecule has 3 rings (SSSR count). The third-order valence-corrected chi connectivity index (χ3v) is 6.27. The maximum atomic E-state index is 12.7. The van der Waals surface area contributed by atoms with Crippen molar-refractivity contribution in [2.24, 2.45) is 0 Å². The van der Waals surface area contributed by atoms with E-state index in [2.05, 4.69) is 10.0 Å². The van der Waals surface area contributed by atoms with Gasteiger partial charge in [0, 0.05) is 11.3 Å². The Morgan fingerprint density at radius 1 is 0.879 bits per heavy atom. The number of nitrogens with one attached hydrogen (secondary N) is 2. The van der Waals surface area contributed by atoms with Crippen LogP contribution in [0.2, 0.25) is 0 Å². The average molecular weight is 469 g/mol. The van der Waals surface area contributed by atoms with Crippen LogP contribution in [0.3, 0.4) is 0 Å². The summed E-state index contributed by atoms with van der Waals surface area (Å²) in [7, 11) is -3.69. The van der Waals surface area contributed by atoms with Crippen molar-refractivity contribution < 1.29 is 22.7 Å². The minimum absolute atomic E-state index is 0.169. The van der Waals surface area contributed by atoms with Gasteiger partial charge >= 0.3 is 0 Å². The summed E-state index contributed by atoms with van der Waals surface area (Å²) in [4.78, 5) is 12.9. The van der Waals surface area contributed by atoms with E-state index >= 15 is 0 Å². The first-order chi connectivity index (χ1) is 15.8. The van der Waals surface area contributed by atoms with E-state index in [0.29, 0.717) is 36.0 Å². The fraction of sp³-hybridized carbons (Fsp3) is 0.240. The molecule has 0 aliphatic heterocycles.